The van der Waals surface area contributed by atoms with Crippen LogP contribution in [0.25, 0.3) is 44.8 Å². The number of hydrogen-bond acceptors (Lipinski definition) is 7. The number of rotatable bonds is 3. The third-order valence-corrected chi connectivity index (χ3v) is 5.87. The fourth-order valence-electron chi connectivity index (χ4n) is 4.34. The first kappa shape index (κ1) is 18.7. The summed E-state index contributed by atoms with van der Waals surface area (Å²) in [5.41, 5.74) is 10.2. The Labute approximate surface area is 181 Å². The molecule has 0 saturated carbocycles. The average Bonchev–Trinajstić information content (AvgIpc) is 3.44. The number of hydrogen-bond donors (Lipinski definition) is 3. The van der Waals surface area contributed by atoms with Crippen molar-refractivity contribution in [3.05, 3.63) is 42.7 Å². The first-order valence-electron chi connectivity index (χ1n) is 10.5. The number of nitrogens with zero attached hydrogens (tertiary/aromatic N) is 6. The number of aromatic nitrogens is 7. The summed E-state index contributed by atoms with van der Waals surface area (Å²) in [6.07, 6.45) is 9.91. The Morgan fingerprint density at radius 1 is 1.03 bits per heavy atom. The molecule has 4 N–H and O–H groups in total. The quantitative estimate of drug-likeness (QED) is 0.399. The van der Waals surface area contributed by atoms with Gasteiger partial charge in [0.25, 0.3) is 0 Å². The van der Waals surface area contributed by atoms with Gasteiger partial charge < -0.3 is 15.6 Å². The van der Waals surface area contributed by atoms with Gasteiger partial charge >= 0.3 is 0 Å². The van der Waals surface area contributed by atoms with Crippen LogP contribution in [-0.4, -0.2) is 48.2 Å². The van der Waals surface area contributed by atoms with Crippen LogP contribution in [0.5, 0.6) is 0 Å². The van der Waals surface area contributed by atoms with Crippen molar-refractivity contribution in [2.75, 3.05) is 23.7 Å². The van der Waals surface area contributed by atoms with Crippen LogP contribution in [0.4, 0.5) is 15.8 Å². The van der Waals surface area contributed by atoms with Crippen LogP contribution in [0, 0.1) is 5.82 Å². The van der Waals surface area contributed by atoms with E-state index in [0.29, 0.717) is 39.3 Å². The molecule has 0 unspecified atom stereocenters. The lowest BCUT2D eigenvalue weighted by Crippen LogP contribution is -2.29. The Morgan fingerprint density at radius 2 is 1.91 bits per heavy atom. The van der Waals surface area contributed by atoms with Gasteiger partial charge in [-0.25, -0.2) is 14.4 Å². The SMILES string of the molecule is Nc1cncc(-c2ncc3[nH]nc(-c4nc5nccc(N6CCCCC6)c5[nH]4)c3c2F)c1. The molecular weight excluding hydrogens is 409 g/mol. The zero-order valence-electron chi connectivity index (χ0n) is 17.1. The summed E-state index contributed by atoms with van der Waals surface area (Å²) in [4.78, 5) is 23.0. The second-order valence-corrected chi connectivity index (χ2v) is 7.95. The lowest BCUT2D eigenvalue weighted by molar-refractivity contribution is 0.578. The molecule has 1 fully saturated rings. The molecule has 5 aromatic rings. The van der Waals surface area contributed by atoms with Gasteiger partial charge in [0.05, 0.1) is 28.5 Å². The van der Waals surface area contributed by atoms with Crippen molar-refractivity contribution >= 4 is 33.4 Å². The normalized spacial score (nSPS) is 14.5. The van der Waals surface area contributed by atoms with E-state index in [1.54, 1.807) is 18.5 Å². The second kappa shape index (κ2) is 7.26. The summed E-state index contributed by atoms with van der Waals surface area (Å²) >= 11 is 0. The van der Waals surface area contributed by atoms with E-state index in [9.17, 15) is 0 Å². The topological polar surface area (TPSA) is 125 Å². The highest BCUT2D eigenvalue weighted by Crippen LogP contribution is 2.34. The zero-order valence-corrected chi connectivity index (χ0v) is 17.1. The van der Waals surface area contributed by atoms with Crippen LogP contribution in [0.2, 0.25) is 0 Å². The molecule has 0 radical (unpaired) electrons. The summed E-state index contributed by atoms with van der Waals surface area (Å²) in [6.45, 7) is 1.99. The molecule has 1 saturated heterocycles. The van der Waals surface area contributed by atoms with Crippen molar-refractivity contribution in [3.8, 4) is 22.8 Å². The van der Waals surface area contributed by atoms with Gasteiger partial charge in [0.15, 0.2) is 17.3 Å². The van der Waals surface area contributed by atoms with E-state index in [0.717, 1.165) is 37.1 Å². The van der Waals surface area contributed by atoms with Crippen molar-refractivity contribution in [2.24, 2.45) is 0 Å². The molecule has 0 bridgehead atoms. The zero-order chi connectivity index (χ0) is 21.7. The molecule has 0 atom stereocenters. The monoisotopic (exact) mass is 429 g/mol. The van der Waals surface area contributed by atoms with Crippen LogP contribution in [0.3, 0.4) is 0 Å². The lowest BCUT2D eigenvalue weighted by atomic mass is 10.1. The van der Waals surface area contributed by atoms with Crippen LogP contribution >= 0.6 is 0 Å². The number of anilines is 2. The number of halogens is 1. The van der Waals surface area contributed by atoms with E-state index in [-0.39, 0.29) is 5.69 Å². The second-order valence-electron chi connectivity index (χ2n) is 7.95. The summed E-state index contributed by atoms with van der Waals surface area (Å²) in [6, 6.07) is 3.63. The molecule has 1 aliphatic heterocycles. The lowest BCUT2D eigenvalue weighted by Gasteiger charge is -2.28. The van der Waals surface area contributed by atoms with E-state index in [1.165, 1.54) is 18.8 Å². The Balaban J connectivity index is 1.50. The molecule has 0 amide bonds. The number of fused-ring (bicyclic) bond motifs is 2. The Morgan fingerprint density at radius 3 is 2.75 bits per heavy atom. The fourth-order valence-corrected chi connectivity index (χ4v) is 4.34. The van der Waals surface area contributed by atoms with Crippen LogP contribution in [0.1, 0.15) is 19.3 Å². The first-order chi connectivity index (χ1) is 15.7. The highest BCUT2D eigenvalue weighted by molar-refractivity contribution is 5.96. The van der Waals surface area contributed by atoms with Gasteiger partial charge in [-0.1, -0.05) is 0 Å². The number of imidazole rings is 1. The maximum Gasteiger partial charge on any atom is 0.180 e. The van der Waals surface area contributed by atoms with Gasteiger partial charge in [-0.3, -0.25) is 15.1 Å². The van der Waals surface area contributed by atoms with Gasteiger partial charge in [-0.15, -0.1) is 0 Å². The van der Waals surface area contributed by atoms with Gasteiger partial charge in [-0.05, 0) is 31.4 Å². The predicted molar refractivity (Wildman–Crippen MR) is 120 cm³/mol. The fraction of sp³-hybridized carbons (Fsp3) is 0.227. The molecule has 32 heavy (non-hydrogen) atoms. The number of nitrogen functional groups attached to an aromatic ring is 1. The first-order valence-corrected chi connectivity index (χ1v) is 10.5. The summed E-state index contributed by atoms with van der Waals surface area (Å²) in [5.74, 6) is -0.0618. The van der Waals surface area contributed by atoms with Gasteiger partial charge in [0, 0.05) is 37.2 Å². The predicted octanol–water partition coefficient (Wildman–Crippen LogP) is 3.67. The van der Waals surface area contributed by atoms with Gasteiger partial charge in [-0.2, -0.15) is 5.10 Å². The number of H-pyrrole nitrogens is 2. The Kier molecular flexibility index (Phi) is 4.23. The number of nitrogens with one attached hydrogen (secondary N) is 2. The van der Waals surface area contributed by atoms with E-state index in [1.807, 2.05) is 6.07 Å². The Bertz CT molecular complexity index is 1450. The highest BCUT2D eigenvalue weighted by Gasteiger charge is 2.22. The van der Waals surface area contributed by atoms with Crippen molar-refractivity contribution in [1.29, 1.82) is 0 Å². The van der Waals surface area contributed by atoms with Crippen LogP contribution in [-0.2, 0) is 0 Å². The highest BCUT2D eigenvalue weighted by atomic mass is 19.1. The summed E-state index contributed by atoms with van der Waals surface area (Å²) in [7, 11) is 0. The van der Waals surface area contributed by atoms with E-state index in [2.05, 4.69) is 40.0 Å². The molecule has 6 heterocycles. The number of pyridine rings is 3. The molecule has 0 aromatic carbocycles. The molecule has 0 aliphatic carbocycles. The van der Waals surface area contributed by atoms with Gasteiger partial charge in [0.1, 0.15) is 16.9 Å². The average molecular weight is 429 g/mol. The molecule has 9 nitrogen and oxygen atoms in total. The number of piperidine rings is 1. The van der Waals surface area contributed by atoms with Crippen molar-refractivity contribution in [2.45, 2.75) is 19.3 Å². The maximum absolute atomic E-state index is 15.6. The number of aromatic amines is 2. The molecule has 10 heteroatoms. The van der Waals surface area contributed by atoms with Crippen molar-refractivity contribution < 1.29 is 4.39 Å². The standard InChI is InChI=1S/C22H20FN9/c23-17-16-14(11-27-18(17)12-8-13(24)10-25-9-12)30-31-20(16)22-28-19-15(4-5-26-21(19)29-22)32-6-2-1-3-7-32/h4-5,8-11H,1-3,6-7,24H2,(H,30,31)(H,26,28,29). The minimum Gasteiger partial charge on any atom is -0.397 e. The largest absolute Gasteiger partial charge is 0.397 e. The van der Waals surface area contributed by atoms with Crippen molar-refractivity contribution in [3.63, 3.8) is 0 Å². The smallest absolute Gasteiger partial charge is 0.180 e. The summed E-state index contributed by atoms with van der Waals surface area (Å²) < 4.78 is 15.6. The van der Waals surface area contributed by atoms with E-state index in [4.69, 9.17) is 5.73 Å². The summed E-state index contributed by atoms with van der Waals surface area (Å²) in [5, 5.41) is 7.49. The van der Waals surface area contributed by atoms with Crippen LogP contribution < -0.4 is 10.6 Å². The molecule has 0 spiro atoms. The van der Waals surface area contributed by atoms with E-state index < -0.39 is 5.82 Å². The Hall–Kier alpha value is -4.08. The molecule has 6 rings (SSSR count). The van der Waals surface area contributed by atoms with Crippen molar-refractivity contribution in [1.82, 2.24) is 35.1 Å². The van der Waals surface area contributed by atoms with Gasteiger partial charge in [0.2, 0.25) is 0 Å². The molecular formula is C22H20FN9. The minimum absolute atomic E-state index is 0.156. The third-order valence-electron chi connectivity index (χ3n) is 5.87. The van der Waals surface area contributed by atoms with E-state index >= 15 is 4.39 Å². The third kappa shape index (κ3) is 2.95. The molecule has 5 aromatic heterocycles. The van der Waals surface area contributed by atoms with Crippen LogP contribution in [0.15, 0.2) is 36.9 Å². The number of nitrogens with two attached hydrogens (primary N) is 1. The molecule has 160 valence electrons. The molecule has 1 aliphatic rings. The maximum atomic E-state index is 15.6. The minimum atomic E-state index is -0.511.